The molecule has 0 aliphatic rings. The molecule has 0 radical (unpaired) electrons. The van der Waals surface area contributed by atoms with Crippen LogP contribution in [0, 0.1) is 0 Å². The molecule has 2 rings (SSSR count). The number of benzene rings is 1. The van der Waals surface area contributed by atoms with E-state index in [2.05, 4.69) is 41.6 Å². The SMILES string of the molecule is COC(=O)Nc1ccc(NC(=O)NC(C)(C)COc2ncccc2Br)cc1. The molecule has 0 atom stereocenters. The minimum Gasteiger partial charge on any atom is -0.474 e. The molecule has 0 saturated heterocycles. The van der Waals surface area contributed by atoms with Gasteiger partial charge in [-0.3, -0.25) is 5.32 Å². The highest BCUT2D eigenvalue weighted by atomic mass is 79.9. The van der Waals surface area contributed by atoms with Crippen LogP contribution in [0.4, 0.5) is 21.0 Å². The molecule has 0 aliphatic heterocycles. The number of urea groups is 1. The van der Waals surface area contributed by atoms with Crippen LogP contribution in [0.2, 0.25) is 0 Å². The molecule has 0 unspecified atom stereocenters. The highest BCUT2D eigenvalue weighted by Crippen LogP contribution is 2.22. The lowest BCUT2D eigenvalue weighted by Crippen LogP contribution is -2.49. The van der Waals surface area contributed by atoms with Gasteiger partial charge in [0.2, 0.25) is 5.88 Å². The van der Waals surface area contributed by atoms with Crippen molar-refractivity contribution in [3.63, 3.8) is 0 Å². The minimum atomic E-state index is -0.632. The summed E-state index contributed by atoms with van der Waals surface area (Å²) in [5.74, 6) is 0.460. The fraction of sp³-hybridized carbons (Fsp3) is 0.278. The lowest BCUT2D eigenvalue weighted by atomic mass is 10.1. The first kappa shape index (κ1) is 20.5. The molecule has 3 amide bonds. The van der Waals surface area contributed by atoms with Gasteiger partial charge in [-0.05, 0) is 66.2 Å². The van der Waals surface area contributed by atoms with Crippen LogP contribution >= 0.6 is 15.9 Å². The van der Waals surface area contributed by atoms with Crippen molar-refractivity contribution in [1.29, 1.82) is 0 Å². The first-order chi connectivity index (χ1) is 12.8. The van der Waals surface area contributed by atoms with Crippen LogP contribution in [0.3, 0.4) is 0 Å². The summed E-state index contributed by atoms with van der Waals surface area (Å²) < 4.78 is 10.9. The molecular formula is C18H21BrN4O4. The summed E-state index contributed by atoms with van der Waals surface area (Å²) in [5, 5.41) is 8.10. The van der Waals surface area contributed by atoms with Crippen LogP contribution in [0.1, 0.15) is 13.8 Å². The van der Waals surface area contributed by atoms with Gasteiger partial charge >= 0.3 is 12.1 Å². The fourth-order valence-corrected chi connectivity index (χ4v) is 2.41. The number of nitrogens with zero attached hydrogens (tertiary/aromatic N) is 1. The molecule has 8 nitrogen and oxygen atoms in total. The molecule has 3 N–H and O–H groups in total. The van der Waals surface area contributed by atoms with Gasteiger partial charge in [0.15, 0.2) is 0 Å². The number of hydrogen-bond donors (Lipinski definition) is 3. The monoisotopic (exact) mass is 436 g/mol. The number of carbonyl (C=O) groups is 2. The van der Waals surface area contributed by atoms with Gasteiger partial charge in [-0.1, -0.05) is 0 Å². The summed E-state index contributed by atoms with van der Waals surface area (Å²) in [5.41, 5.74) is 0.502. The summed E-state index contributed by atoms with van der Waals surface area (Å²) in [6, 6.07) is 9.88. The first-order valence-corrected chi connectivity index (χ1v) is 8.86. The molecule has 0 spiro atoms. The zero-order valence-corrected chi connectivity index (χ0v) is 16.8. The predicted molar refractivity (Wildman–Crippen MR) is 106 cm³/mol. The lowest BCUT2D eigenvalue weighted by Gasteiger charge is -2.26. The highest BCUT2D eigenvalue weighted by Gasteiger charge is 2.22. The number of ether oxygens (including phenoxy) is 2. The number of aromatic nitrogens is 1. The molecule has 0 fully saturated rings. The van der Waals surface area contributed by atoms with E-state index in [0.29, 0.717) is 17.3 Å². The third kappa shape index (κ3) is 6.78. The average molecular weight is 437 g/mol. The number of nitrogens with one attached hydrogen (secondary N) is 3. The Bertz CT molecular complexity index is 796. The summed E-state index contributed by atoms with van der Waals surface area (Å²) in [6.07, 6.45) is 1.07. The van der Waals surface area contributed by atoms with Crippen molar-refractivity contribution < 1.29 is 19.1 Å². The van der Waals surface area contributed by atoms with Crippen molar-refractivity contribution in [3.8, 4) is 5.88 Å². The van der Waals surface area contributed by atoms with E-state index in [4.69, 9.17) is 4.74 Å². The Morgan fingerprint density at radius 2 is 1.74 bits per heavy atom. The van der Waals surface area contributed by atoms with Crippen molar-refractivity contribution in [2.24, 2.45) is 0 Å². The second kappa shape index (κ2) is 9.22. The van der Waals surface area contributed by atoms with Gasteiger partial charge in [-0.15, -0.1) is 0 Å². The van der Waals surface area contributed by atoms with Crippen molar-refractivity contribution >= 4 is 39.4 Å². The number of amides is 3. The van der Waals surface area contributed by atoms with E-state index in [1.54, 1.807) is 36.5 Å². The Kier molecular flexibility index (Phi) is 7.00. The maximum Gasteiger partial charge on any atom is 0.411 e. The molecule has 2 aromatic rings. The van der Waals surface area contributed by atoms with Gasteiger partial charge < -0.3 is 20.1 Å². The summed E-state index contributed by atoms with van der Waals surface area (Å²) in [6.45, 7) is 3.91. The maximum absolute atomic E-state index is 12.2. The number of rotatable bonds is 6. The number of anilines is 2. The van der Waals surface area contributed by atoms with Crippen LogP contribution in [0.15, 0.2) is 47.1 Å². The van der Waals surface area contributed by atoms with Gasteiger partial charge in [0, 0.05) is 17.6 Å². The molecule has 0 bridgehead atoms. The first-order valence-electron chi connectivity index (χ1n) is 8.06. The number of pyridine rings is 1. The van der Waals surface area contributed by atoms with E-state index >= 15 is 0 Å². The largest absolute Gasteiger partial charge is 0.474 e. The van der Waals surface area contributed by atoms with Crippen LogP contribution < -0.4 is 20.7 Å². The van der Waals surface area contributed by atoms with Crippen LogP contribution in [-0.4, -0.2) is 36.4 Å². The molecule has 0 aliphatic carbocycles. The van der Waals surface area contributed by atoms with E-state index in [0.717, 1.165) is 4.47 Å². The van der Waals surface area contributed by atoms with E-state index in [9.17, 15) is 9.59 Å². The molecule has 0 saturated carbocycles. The Labute approximate surface area is 165 Å². The van der Waals surface area contributed by atoms with E-state index < -0.39 is 11.6 Å². The van der Waals surface area contributed by atoms with Gasteiger partial charge in [0.05, 0.1) is 17.1 Å². The molecule has 27 heavy (non-hydrogen) atoms. The summed E-state index contributed by atoms with van der Waals surface area (Å²) in [7, 11) is 1.29. The van der Waals surface area contributed by atoms with E-state index in [1.165, 1.54) is 7.11 Å². The van der Waals surface area contributed by atoms with Crippen molar-refractivity contribution in [2.75, 3.05) is 24.4 Å². The number of halogens is 1. The number of hydrogen-bond acceptors (Lipinski definition) is 5. The zero-order valence-electron chi connectivity index (χ0n) is 15.2. The van der Waals surface area contributed by atoms with Gasteiger partial charge in [-0.2, -0.15) is 0 Å². The topological polar surface area (TPSA) is 102 Å². The Morgan fingerprint density at radius 1 is 1.11 bits per heavy atom. The summed E-state index contributed by atoms with van der Waals surface area (Å²) >= 11 is 3.36. The summed E-state index contributed by atoms with van der Waals surface area (Å²) in [4.78, 5) is 27.5. The fourth-order valence-electron chi connectivity index (χ4n) is 2.04. The Morgan fingerprint density at radius 3 is 2.33 bits per heavy atom. The molecule has 1 aromatic carbocycles. The third-order valence-electron chi connectivity index (χ3n) is 3.32. The highest BCUT2D eigenvalue weighted by molar-refractivity contribution is 9.10. The second-order valence-corrected chi connectivity index (χ2v) is 7.09. The standard InChI is InChI=1S/C18H21BrN4O4/c1-18(2,11-27-15-14(19)5-4-10-20-15)23-16(24)21-12-6-8-13(9-7-12)22-17(25)26-3/h4-10H,11H2,1-3H3,(H,22,25)(H2,21,23,24). The van der Waals surface area contributed by atoms with Crippen molar-refractivity contribution in [1.82, 2.24) is 10.3 Å². The number of methoxy groups -OCH3 is 1. The van der Waals surface area contributed by atoms with E-state index in [-0.39, 0.29) is 12.6 Å². The van der Waals surface area contributed by atoms with Crippen molar-refractivity contribution in [2.45, 2.75) is 19.4 Å². The normalized spacial score (nSPS) is 10.7. The van der Waals surface area contributed by atoms with E-state index in [1.807, 2.05) is 19.9 Å². The smallest absolute Gasteiger partial charge is 0.411 e. The molecule has 9 heteroatoms. The molecular weight excluding hydrogens is 416 g/mol. The minimum absolute atomic E-state index is 0.234. The van der Waals surface area contributed by atoms with Crippen molar-refractivity contribution in [3.05, 3.63) is 47.1 Å². The molecule has 1 heterocycles. The predicted octanol–water partition coefficient (Wildman–Crippen LogP) is 4.00. The van der Waals surface area contributed by atoms with Gasteiger partial charge in [-0.25, -0.2) is 14.6 Å². The van der Waals surface area contributed by atoms with Crippen LogP contribution in [-0.2, 0) is 4.74 Å². The molecule has 1 aromatic heterocycles. The average Bonchev–Trinajstić information content (AvgIpc) is 2.62. The quantitative estimate of drug-likeness (QED) is 0.634. The van der Waals surface area contributed by atoms with Crippen LogP contribution in [0.25, 0.3) is 0 Å². The number of carbonyl (C=O) groups excluding carboxylic acids is 2. The second-order valence-electron chi connectivity index (χ2n) is 6.24. The maximum atomic E-state index is 12.2. The molecule has 144 valence electrons. The van der Waals surface area contributed by atoms with Gasteiger partial charge in [0.25, 0.3) is 0 Å². The van der Waals surface area contributed by atoms with Gasteiger partial charge in [0.1, 0.15) is 6.61 Å². The zero-order chi connectivity index (χ0) is 19.9. The lowest BCUT2D eigenvalue weighted by molar-refractivity contribution is 0.187. The van der Waals surface area contributed by atoms with Crippen LogP contribution in [0.5, 0.6) is 5.88 Å². The Hall–Kier alpha value is -2.81. The Balaban J connectivity index is 1.86. The third-order valence-corrected chi connectivity index (χ3v) is 3.92.